The van der Waals surface area contributed by atoms with Gasteiger partial charge in [0.15, 0.2) is 11.6 Å². The molecule has 0 fully saturated rings. The van der Waals surface area contributed by atoms with E-state index in [1.165, 1.54) is 13.2 Å². The summed E-state index contributed by atoms with van der Waals surface area (Å²) in [6.45, 7) is 6.50. The van der Waals surface area contributed by atoms with Gasteiger partial charge < -0.3 is 19.9 Å². The number of aliphatic hydroxyl groups is 1. The topological polar surface area (TPSA) is 50.7 Å². The van der Waals surface area contributed by atoms with Crippen LogP contribution in [-0.2, 0) is 4.74 Å². The highest BCUT2D eigenvalue weighted by Crippen LogP contribution is 2.22. The van der Waals surface area contributed by atoms with Gasteiger partial charge in [-0.2, -0.15) is 0 Å². The molecule has 2 atom stereocenters. The molecule has 20 heavy (non-hydrogen) atoms. The molecule has 2 N–H and O–H groups in total. The summed E-state index contributed by atoms with van der Waals surface area (Å²) in [7, 11) is 1.44. The molecule has 0 amide bonds. The molecule has 114 valence electrons. The zero-order valence-corrected chi connectivity index (χ0v) is 12.5. The van der Waals surface area contributed by atoms with Crippen LogP contribution in [0.5, 0.6) is 5.75 Å². The minimum absolute atomic E-state index is 0.0156. The number of hydrogen-bond donors (Lipinski definition) is 2. The second-order valence-corrected chi connectivity index (χ2v) is 5.06. The molecule has 2 unspecified atom stereocenters. The van der Waals surface area contributed by atoms with Crippen molar-refractivity contribution in [2.45, 2.75) is 39.0 Å². The predicted octanol–water partition coefficient (Wildman–Crippen LogP) is 2.27. The summed E-state index contributed by atoms with van der Waals surface area (Å²) < 4.78 is 23.6. The molecular weight excluding hydrogens is 261 g/mol. The van der Waals surface area contributed by atoms with Gasteiger partial charge in [0.25, 0.3) is 0 Å². The van der Waals surface area contributed by atoms with E-state index in [4.69, 9.17) is 9.47 Å². The molecular formula is C15H24FNO3. The number of ether oxygens (including phenoxy) is 2. The number of benzene rings is 1. The summed E-state index contributed by atoms with van der Waals surface area (Å²) in [4.78, 5) is 0. The Balaban J connectivity index is 2.48. The predicted molar refractivity (Wildman–Crippen MR) is 76.5 cm³/mol. The number of rotatable bonds is 8. The van der Waals surface area contributed by atoms with Crippen LogP contribution in [0, 0.1) is 5.82 Å². The van der Waals surface area contributed by atoms with Gasteiger partial charge >= 0.3 is 0 Å². The van der Waals surface area contributed by atoms with Crippen molar-refractivity contribution < 1.29 is 19.0 Å². The Morgan fingerprint density at radius 3 is 2.60 bits per heavy atom. The maximum atomic E-state index is 13.3. The van der Waals surface area contributed by atoms with Crippen LogP contribution in [-0.4, -0.2) is 37.6 Å². The normalized spacial score (nSPS) is 14.3. The second-order valence-electron chi connectivity index (χ2n) is 5.06. The largest absolute Gasteiger partial charge is 0.494 e. The molecule has 0 aliphatic rings. The van der Waals surface area contributed by atoms with Gasteiger partial charge in [-0.15, -0.1) is 0 Å². The minimum atomic E-state index is -0.567. The summed E-state index contributed by atoms with van der Waals surface area (Å²) in [5, 5.41) is 13.0. The van der Waals surface area contributed by atoms with Crippen LogP contribution in [0.4, 0.5) is 4.39 Å². The SMILES string of the molecule is COc1cc(C(C)NCC(O)COC(C)C)ccc1F. The van der Waals surface area contributed by atoms with Gasteiger partial charge in [0.1, 0.15) is 0 Å². The smallest absolute Gasteiger partial charge is 0.165 e. The second kappa shape index (κ2) is 8.19. The van der Waals surface area contributed by atoms with Gasteiger partial charge in [-0.3, -0.25) is 0 Å². The monoisotopic (exact) mass is 285 g/mol. The summed E-state index contributed by atoms with van der Waals surface area (Å²) in [6, 6.07) is 4.72. The molecule has 0 bridgehead atoms. The number of halogens is 1. The van der Waals surface area contributed by atoms with Crippen LogP contribution >= 0.6 is 0 Å². The highest BCUT2D eigenvalue weighted by Gasteiger charge is 2.12. The van der Waals surface area contributed by atoms with Gasteiger partial charge in [-0.25, -0.2) is 4.39 Å². The molecule has 0 aliphatic heterocycles. The Morgan fingerprint density at radius 1 is 1.30 bits per heavy atom. The first-order valence-corrected chi connectivity index (χ1v) is 6.80. The first kappa shape index (κ1) is 16.9. The minimum Gasteiger partial charge on any atom is -0.494 e. The average Bonchev–Trinajstić information content (AvgIpc) is 2.42. The lowest BCUT2D eigenvalue weighted by molar-refractivity contribution is 0.00560. The lowest BCUT2D eigenvalue weighted by Crippen LogP contribution is -2.32. The molecule has 0 heterocycles. The van der Waals surface area contributed by atoms with E-state index in [-0.39, 0.29) is 23.7 Å². The molecule has 0 spiro atoms. The third kappa shape index (κ3) is 5.45. The Hall–Kier alpha value is -1.17. The maximum absolute atomic E-state index is 13.3. The fourth-order valence-electron chi connectivity index (χ4n) is 1.74. The molecule has 1 rings (SSSR count). The van der Waals surface area contributed by atoms with Crippen LogP contribution < -0.4 is 10.1 Å². The van der Waals surface area contributed by atoms with Crippen molar-refractivity contribution in [2.24, 2.45) is 0 Å². The van der Waals surface area contributed by atoms with Crippen LogP contribution in [0.3, 0.4) is 0 Å². The number of nitrogens with one attached hydrogen (secondary N) is 1. The Bertz CT molecular complexity index is 412. The van der Waals surface area contributed by atoms with Crippen LogP contribution in [0.1, 0.15) is 32.4 Å². The zero-order chi connectivity index (χ0) is 15.1. The van der Waals surface area contributed by atoms with Crippen molar-refractivity contribution in [3.8, 4) is 5.75 Å². The van der Waals surface area contributed by atoms with E-state index in [0.717, 1.165) is 5.56 Å². The maximum Gasteiger partial charge on any atom is 0.165 e. The highest BCUT2D eigenvalue weighted by molar-refractivity contribution is 5.31. The molecule has 1 aromatic carbocycles. The Morgan fingerprint density at radius 2 is 2.00 bits per heavy atom. The van der Waals surface area contributed by atoms with Crippen LogP contribution in [0.15, 0.2) is 18.2 Å². The van der Waals surface area contributed by atoms with Crippen LogP contribution in [0.2, 0.25) is 0 Å². The zero-order valence-electron chi connectivity index (χ0n) is 12.5. The molecule has 0 aliphatic carbocycles. The quantitative estimate of drug-likeness (QED) is 0.769. The van der Waals surface area contributed by atoms with E-state index >= 15 is 0 Å². The molecule has 4 nitrogen and oxygen atoms in total. The van der Waals surface area contributed by atoms with E-state index in [0.29, 0.717) is 13.2 Å². The Kier molecular flexibility index (Phi) is 6.91. The average molecular weight is 285 g/mol. The summed E-state index contributed by atoms with van der Waals surface area (Å²) >= 11 is 0. The fraction of sp³-hybridized carbons (Fsp3) is 0.600. The van der Waals surface area contributed by atoms with E-state index in [2.05, 4.69) is 5.32 Å². The first-order valence-electron chi connectivity index (χ1n) is 6.80. The van der Waals surface area contributed by atoms with Crippen molar-refractivity contribution in [1.82, 2.24) is 5.32 Å². The molecule has 0 saturated heterocycles. The van der Waals surface area contributed by atoms with Gasteiger partial charge in [-0.1, -0.05) is 6.07 Å². The fourth-order valence-corrected chi connectivity index (χ4v) is 1.74. The van der Waals surface area contributed by atoms with E-state index in [1.807, 2.05) is 20.8 Å². The molecule has 5 heteroatoms. The van der Waals surface area contributed by atoms with Crippen molar-refractivity contribution in [3.63, 3.8) is 0 Å². The third-order valence-electron chi connectivity index (χ3n) is 2.96. The molecule has 0 aromatic heterocycles. The van der Waals surface area contributed by atoms with Crippen molar-refractivity contribution in [3.05, 3.63) is 29.6 Å². The highest BCUT2D eigenvalue weighted by atomic mass is 19.1. The molecule has 1 aromatic rings. The lowest BCUT2D eigenvalue weighted by Gasteiger charge is -2.19. The van der Waals surface area contributed by atoms with E-state index in [1.54, 1.807) is 12.1 Å². The van der Waals surface area contributed by atoms with E-state index in [9.17, 15) is 9.50 Å². The number of hydrogen-bond acceptors (Lipinski definition) is 4. The third-order valence-corrected chi connectivity index (χ3v) is 2.96. The Labute approximate surface area is 119 Å². The van der Waals surface area contributed by atoms with Gasteiger partial charge in [0.05, 0.1) is 25.9 Å². The van der Waals surface area contributed by atoms with Gasteiger partial charge in [0.2, 0.25) is 0 Å². The molecule has 0 radical (unpaired) electrons. The van der Waals surface area contributed by atoms with Crippen molar-refractivity contribution in [1.29, 1.82) is 0 Å². The van der Waals surface area contributed by atoms with Crippen LogP contribution in [0.25, 0.3) is 0 Å². The standard InChI is InChI=1S/C15H24FNO3/c1-10(2)20-9-13(18)8-17-11(3)12-5-6-14(16)15(7-12)19-4/h5-7,10-11,13,17-18H,8-9H2,1-4H3. The van der Waals surface area contributed by atoms with Crippen molar-refractivity contribution in [2.75, 3.05) is 20.3 Å². The molecule has 0 saturated carbocycles. The summed E-state index contributed by atoms with van der Waals surface area (Å²) in [5.74, 6) is -0.159. The first-order chi connectivity index (χ1) is 9.43. The van der Waals surface area contributed by atoms with Gasteiger partial charge in [-0.05, 0) is 38.5 Å². The van der Waals surface area contributed by atoms with Gasteiger partial charge in [0, 0.05) is 12.6 Å². The number of aliphatic hydroxyl groups excluding tert-OH is 1. The van der Waals surface area contributed by atoms with Crippen molar-refractivity contribution >= 4 is 0 Å². The summed E-state index contributed by atoms with van der Waals surface area (Å²) in [6.07, 6.45) is -0.467. The summed E-state index contributed by atoms with van der Waals surface area (Å²) in [5.41, 5.74) is 0.903. The number of methoxy groups -OCH3 is 1. The van der Waals surface area contributed by atoms with E-state index < -0.39 is 6.10 Å². The lowest BCUT2D eigenvalue weighted by atomic mass is 10.1.